The number of ether oxygens (including phenoxy) is 3. The molecule has 0 aromatic rings. The van der Waals surface area contributed by atoms with Gasteiger partial charge in [-0.15, -0.1) is 0 Å². The van der Waals surface area contributed by atoms with E-state index in [1.807, 2.05) is 0 Å². The molecule has 3 atom stereocenters. The fourth-order valence-electron chi connectivity index (χ4n) is 0.903. The number of aliphatic hydroxyl groups excluding tert-OH is 1. The molecule has 13 heavy (non-hydrogen) atoms. The van der Waals surface area contributed by atoms with Crippen LogP contribution in [-0.2, 0) is 14.2 Å². The summed E-state index contributed by atoms with van der Waals surface area (Å²) in [5.74, 6) is 0. The summed E-state index contributed by atoms with van der Waals surface area (Å²) < 4.78 is 14.3. The van der Waals surface area contributed by atoms with Crippen molar-refractivity contribution in [3.05, 3.63) is 0 Å². The monoisotopic (exact) mass is 186 g/mol. The lowest BCUT2D eigenvalue weighted by molar-refractivity contribution is -0.0380. The van der Waals surface area contributed by atoms with E-state index in [0.29, 0.717) is 0 Å². The summed E-state index contributed by atoms with van der Waals surface area (Å²) in [4.78, 5) is 10.5. The average Bonchev–Trinajstić information content (AvgIpc) is 2.51. The molecule has 0 aromatic heterocycles. The molecule has 0 amide bonds. The zero-order valence-corrected chi connectivity index (χ0v) is 7.30. The largest absolute Gasteiger partial charge is 0.508 e. The van der Waals surface area contributed by atoms with Gasteiger partial charge in [0.05, 0.1) is 18.7 Å². The van der Waals surface area contributed by atoms with Crippen molar-refractivity contribution in [2.45, 2.75) is 25.1 Å². The third-order valence-corrected chi connectivity index (χ3v) is 1.63. The van der Waals surface area contributed by atoms with E-state index in [-0.39, 0.29) is 19.3 Å². The third-order valence-electron chi connectivity index (χ3n) is 1.63. The molecule has 1 rings (SSSR count). The van der Waals surface area contributed by atoms with Crippen LogP contribution in [-0.4, -0.2) is 50.5 Å². The second-order valence-electron chi connectivity index (χ2n) is 2.81. The van der Waals surface area contributed by atoms with Crippen molar-refractivity contribution in [1.29, 1.82) is 0 Å². The molecule has 2 radical (unpaired) electrons. The molecule has 0 bridgehead atoms. The number of rotatable bonds is 4. The predicted molar refractivity (Wildman–Crippen MR) is 43.4 cm³/mol. The maximum atomic E-state index is 10.5. The predicted octanol–water partition coefficient (Wildman–Crippen LogP) is -0.586. The molecule has 72 valence electrons. The van der Waals surface area contributed by atoms with Gasteiger partial charge in [-0.05, 0) is 6.92 Å². The molecule has 5 nitrogen and oxygen atoms in total. The van der Waals surface area contributed by atoms with Crippen molar-refractivity contribution < 1.29 is 24.1 Å². The lowest BCUT2D eigenvalue weighted by Crippen LogP contribution is -2.35. The van der Waals surface area contributed by atoms with Crippen molar-refractivity contribution in [2.75, 3.05) is 13.2 Å². The highest BCUT2D eigenvalue weighted by atomic mass is 16.8. The molecule has 1 aliphatic heterocycles. The van der Waals surface area contributed by atoms with Crippen LogP contribution >= 0.6 is 0 Å². The van der Waals surface area contributed by atoms with Gasteiger partial charge in [0.15, 0.2) is 6.10 Å². The second kappa shape index (κ2) is 4.48. The SMILES string of the molecule is [B][C@H](OC(C)CO)[C@@H]1COC(=O)O1. The van der Waals surface area contributed by atoms with Gasteiger partial charge >= 0.3 is 6.16 Å². The van der Waals surface area contributed by atoms with Crippen LogP contribution in [0.1, 0.15) is 6.92 Å². The number of carbonyl (C=O) groups excluding carboxylic acids is 1. The molecule has 1 fully saturated rings. The van der Waals surface area contributed by atoms with E-state index < -0.39 is 18.3 Å². The zero-order chi connectivity index (χ0) is 9.84. The lowest BCUT2D eigenvalue weighted by atomic mass is 9.94. The van der Waals surface area contributed by atoms with Crippen LogP contribution in [0.4, 0.5) is 4.79 Å². The Hall–Kier alpha value is -0.745. The molecule has 0 spiro atoms. The van der Waals surface area contributed by atoms with Crippen molar-refractivity contribution in [3.63, 3.8) is 0 Å². The van der Waals surface area contributed by atoms with E-state index in [0.717, 1.165) is 0 Å². The Morgan fingerprint density at radius 1 is 1.85 bits per heavy atom. The summed E-state index contributed by atoms with van der Waals surface area (Å²) in [6.07, 6.45) is -1.70. The summed E-state index contributed by atoms with van der Waals surface area (Å²) in [5, 5.41) is 8.66. The van der Waals surface area contributed by atoms with Gasteiger partial charge in [0, 0.05) is 0 Å². The topological polar surface area (TPSA) is 65.0 Å². The lowest BCUT2D eigenvalue weighted by Gasteiger charge is -2.20. The zero-order valence-electron chi connectivity index (χ0n) is 7.30. The minimum atomic E-state index is -0.756. The van der Waals surface area contributed by atoms with E-state index in [9.17, 15) is 4.79 Å². The number of aliphatic hydroxyl groups is 1. The first-order valence-electron chi connectivity index (χ1n) is 3.98. The summed E-state index contributed by atoms with van der Waals surface area (Å²) in [5.41, 5.74) is 0. The Bertz CT molecular complexity index is 186. The smallest absolute Gasteiger partial charge is 0.430 e. The molecule has 1 aliphatic rings. The molecular weight excluding hydrogens is 175 g/mol. The molecule has 6 heteroatoms. The first-order chi connectivity index (χ1) is 6.13. The molecule has 1 N–H and O–H groups in total. The van der Waals surface area contributed by atoms with Crippen LogP contribution < -0.4 is 0 Å². The standard InChI is InChI=1S/C7H11BO5/c1-4(2-9)12-6(8)5-3-11-7(10)13-5/h4-6,9H,2-3H2,1H3/t4?,5-,6+/m0/s1. The van der Waals surface area contributed by atoms with Gasteiger partial charge in [0.1, 0.15) is 14.5 Å². The van der Waals surface area contributed by atoms with Gasteiger partial charge in [-0.2, -0.15) is 0 Å². The summed E-state index contributed by atoms with van der Waals surface area (Å²) >= 11 is 0. The van der Waals surface area contributed by atoms with Crippen LogP contribution in [0.5, 0.6) is 0 Å². The van der Waals surface area contributed by atoms with Crippen LogP contribution in [0.3, 0.4) is 0 Å². The average molecular weight is 186 g/mol. The fourth-order valence-corrected chi connectivity index (χ4v) is 0.903. The molecule has 1 unspecified atom stereocenters. The van der Waals surface area contributed by atoms with Crippen molar-refractivity contribution in [2.24, 2.45) is 0 Å². The molecule has 0 saturated carbocycles. The highest BCUT2D eigenvalue weighted by molar-refractivity contribution is 6.11. The van der Waals surface area contributed by atoms with Crippen LogP contribution in [0.15, 0.2) is 0 Å². The number of carbonyl (C=O) groups is 1. The van der Waals surface area contributed by atoms with E-state index in [2.05, 4.69) is 9.47 Å². The van der Waals surface area contributed by atoms with Crippen LogP contribution in [0.25, 0.3) is 0 Å². The molecule has 1 saturated heterocycles. The molecule has 0 aromatic carbocycles. The normalized spacial score (nSPS) is 26.3. The van der Waals surface area contributed by atoms with Crippen molar-refractivity contribution >= 4 is 14.0 Å². The third kappa shape index (κ3) is 2.89. The molecule has 1 heterocycles. The Morgan fingerprint density at radius 2 is 2.54 bits per heavy atom. The molecular formula is C7H11BO5. The maximum absolute atomic E-state index is 10.5. The van der Waals surface area contributed by atoms with E-state index >= 15 is 0 Å². The minimum absolute atomic E-state index is 0.0954. The maximum Gasteiger partial charge on any atom is 0.508 e. The Morgan fingerprint density at radius 3 is 3.00 bits per heavy atom. The number of hydrogen-bond acceptors (Lipinski definition) is 5. The highest BCUT2D eigenvalue weighted by Gasteiger charge is 2.30. The molecule has 0 aliphatic carbocycles. The number of hydrogen-bond donors (Lipinski definition) is 1. The highest BCUT2D eigenvalue weighted by Crippen LogP contribution is 2.12. The van der Waals surface area contributed by atoms with Gasteiger partial charge in [0.25, 0.3) is 0 Å². The van der Waals surface area contributed by atoms with E-state index in [1.54, 1.807) is 6.92 Å². The Balaban J connectivity index is 2.31. The van der Waals surface area contributed by atoms with Crippen molar-refractivity contribution in [3.8, 4) is 0 Å². The fraction of sp³-hybridized carbons (Fsp3) is 0.857. The summed E-state index contributed by atoms with van der Waals surface area (Å²) in [7, 11) is 5.53. The van der Waals surface area contributed by atoms with Gasteiger partial charge < -0.3 is 19.3 Å². The van der Waals surface area contributed by atoms with Crippen LogP contribution in [0.2, 0.25) is 0 Å². The first kappa shape index (κ1) is 10.3. The van der Waals surface area contributed by atoms with Gasteiger partial charge in [-0.3, -0.25) is 0 Å². The van der Waals surface area contributed by atoms with Gasteiger partial charge in [-0.25, -0.2) is 4.79 Å². The van der Waals surface area contributed by atoms with Crippen molar-refractivity contribution in [1.82, 2.24) is 0 Å². The first-order valence-corrected chi connectivity index (χ1v) is 3.98. The van der Waals surface area contributed by atoms with E-state index in [4.69, 9.17) is 17.7 Å². The van der Waals surface area contributed by atoms with E-state index in [1.165, 1.54) is 0 Å². The second-order valence-corrected chi connectivity index (χ2v) is 2.81. The Labute approximate surface area is 77.4 Å². The van der Waals surface area contributed by atoms with Gasteiger partial charge in [0.2, 0.25) is 0 Å². The van der Waals surface area contributed by atoms with Gasteiger partial charge in [-0.1, -0.05) is 0 Å². The summed E-state index contributed by atoms with van der Waals surface area (Å²) in [6, 6.07) is -0.756. The quantitative estimate of drug-likeness (QED) is 0.469. The Kier molecular flexibility index (Phi) is 3.56. The summed E-state index contributed by atoms with van der Waals surface area (Å²) in [6.45, 7) is 1.63. The van der Waals surface area contributed by atoms with Crippen LogP contribution in [0, 0.1) is 0 Å². The minimum Gasteiger partial charge on any atom is -0.430 e. The number of cyclic esters (lactones) is 2.